The van der Waals surface area contributed by atoms with Crippen molar-refractivity contribution in [3.8, 4) is 5.75 Å². The van der Waals surface area contributed by atoms with Gasteiger partial charge in [-0.15, -0.1) is 10.2 Å². The fourth-order valence-corrected chi connectivity index (χ4v) is 2.36. The minimum Gasteiger partial charge on any atom is -0.497 e. The summed E-state index contributed by atoms with van der Waals surface area (Å²) in [6.07, 6.45) is 2.65. The first-order valence-corrected chi connectivity index (χ1v) is 8.66. The summed E-state index contributed by atoms with van der Waals surface area (Å²) in [4.78, 5) is 4.66. The van der Waals surface area contributed by atoms with Gasteiger partial charge in [0.25, 0.3) is 0 Å². The van der Waals surface area contributed by atoms with E-state index in [9.17, 15) is 0 Å². The van der Waals surface area contributed by atoms with Crippen LogP contribution in [0.1, 0.15) is 32.2 Å². The van der Waals surface area contributed by atoms with Gasteiger partial charge in [-0.1, -0.05) is 19.1 Å². The van der Waals surface area contributed by atoms with Crippen LogP contribution in [0.3, 0.4) is 0 Å². The van der Waals surface area contributed by atoms with Crippen molar-refractivity contribution in [3.05, 3.63) is 42.0 Å². The van der Waals surface area contributed by atoms with E-state index in [4.69, 9.17) is 4.74 Å². The molecular formula is C18H28N6O. The maximum atomic E-state index is 5.18. The number of methoxy groups -OCH3 is 1. The van der Waals surface area contributed by atoms with Gasteiger partial charge in [-0.3, -0.25) is 0 Å². The highest BCUT2D eigenvalue weighted by Crippen LogP contribution is 2.11. The lowest BCUT2D eigenvalue weighted by Crippen LogP contribution is -2.42. The molecule has 1 aromatic carbocycles. The number of aromatic nitrogens is 3. The maximum Gasteiger partial charge on any atom is 0.191 e. The number of hydrogen-bond donors (Lipinski definition) is 2. The standard InChI is InChI=1S/C18H28N6O/c1-5-17-23-21-13-24(17)11-10-19-18(22-14(2)3)20-12-15-6-8-16(25-4)9-7-15/h6-9,13-14H,5,10-12H2,1-4H3,(H2,19,20,22). The molecule has 0 saturated carbocycles. The highest BCUT2D eigenvalue weighted by atomic mass is 16.5. The number of benzene rings is 1. The van der Waals surface area contributed by atoms with Crippen molar-refractivity contribution < 1.29 is 4.74 Å². The molecule has 0 aliphatic carbocycles. The van der Waals surface area contributed by atoms with Crippen LogP contribution in [0.4, 0.5) is 0 Å². The molecule has 2 aromatic rings. The van der Waals surface area contributed by atoms with Crippen LogP contribution in [0, 0.1) is 0 Å². The van der Waals surface area contributed by atoms with Crippen molar-refractivity contribution >= 4 is 5.96 Å². The lowest BCUT2D eigenvalue weighted by molar-refractivity contribution is 0.414. The van der Waals surface area contributed by atoms with E-state index in [2.05, 4.69) is 51.2 Å². The minimum atomic E-state index is 0.309. The Bertz CT molecular complexity index is 662. The number of guanidine groups is 1. The minimum absolute atomic E-state index is 0.309. The van der Waals surface area contributed by atoms with Crippen molar-refractivity contribution in [2.24, 2.45) is 4.99 Å². The molecule has 0 atom stereocenters. The Balaban J connectivity index is 1.92. The van der Waals surface area contributed by atoms with Crippen molar-refractivity contribution in [1.82, 2.24) is 25.4 Å². The summed E-state index contributed by atoms with van der Waals surface area (Å²) in [5.74, 6) is 2.65. The molecule has 0 unspecified atom stereocenters. The van der Waals surface area contributed by atoms with Gasteiger partial charge in [-0.05, 0) is 31.5 Å². The number of nitrogens with one attached hydrogen (secondary N) is 2. The largest absolute Gasteiger partial charge is 0.497 e. The van der Waals surface area contributed by atoms with E-state index in [-0.39, 0.29) is 0 Å². The Kier molecular flexibility index (Phi) is 7.25. The summed E-state index contributed by atoms with van der Waals surface area (Å²) in [5.41, 5.74) is 1.14. The smallest absolute Gasteiger partial charge is 0.191 e. The molecule has 7 heteroatoms. The first-order valence-electron chi connectivity index (χ1n) is 8.66. The van der Waals surface area contributed by atoms with Gasteiger partial charge < -0.3 is 19.9 Å². The lowest BCUT2D eigenvalue weighted by Gasteiger charge is -2.15. The van der Waals surface area contributed by atoms with E-state index in [0.717, 1.165) is 42.6 Å². The molecule has 2 rings (SSSR count). The average Bonchev–Trinajstić information content (AvgIpc) is 3.07. The number of ether oxygens (including phenoxy) is 1. The third-order valence-corrected chi connectivity index (χ3v) is 3.66. The lowest BCUT2D eigenvalue weighted by atomic mass is 10.2. The van der Waals surface area contributed by atoms with E-state index < -0.39 is 0 Å². The Morgan fingerprint density at radius 3 is 2.68 bits per heavy atom. The molecule has 7 nitrogen and oxygen atoms in total. The van der Waals surface area contributed by atoms with Crippen LogP contribution in [-0.2, 0) is 19.5 Å². The third kappa shape index (κ3) is 6.10. The molecular weight excluding hydrogens is 316 g/mol. The summed E-state index contributed by atoms with van der Waals surface area (Å²) < 4.78 is 7.24. The van der Waals surface area contributed by atoms with E-state index >= 15 is 0 Å². The molecule has 0 bridgehead atoms. The van der Waals surface area contributed by atoms with Gasteiger partial charge in [0.1, 0.15) is 17.9 Å². The number of rotatable bonds is 8. The molecule has 0 aliphatic heterocycles. The number of aliphatic imine (C=N–C) groups is 1. The fourth-order valence-electron chi connectivity index (χ4n) is 2.36. The second-order valence-electron chi connectivity index (χ2n) is 6.03. The normalized spacial score (nSPS) is 11.6. The summed E-state index contributed by atoms with van der Waals surface area (Å²) in [6.45, 7) is 8.44. The molecule has 0 radical (unpaired) electrons. The highest BCUT2D eigenvalue weighted by molar-refractivity contribution is 5.80. The van der Waals surface area contributed by atoms with Crippen molar-refractivity contribution in [2.45, 2.75) is 46.3 Å². The second kappa shape index (κ2) is 9.66. The predicted octanol–water partition coefficient (Wildman–Crippen LogP) is 1.99. The third-order valence-electron chi connectivity index (χ3n) is 3.66. The van der Waals surface area contributed by atoms with Crippen LogP contribution < -0.4 is 15.4 Å². The SMILES string of the molecule is CCc1nncn1CCNC(=NCc1ccc(OC)cc1)NC(C)C. The number of aryl methyl sites for hydroxylation is 1. The first kappa shape index (κ1) is 18.8. The molecule has 25 heavy (non-hydrogen) atoms. The van der Waals surface area contributed by atoms with Gasteiger partial charge >= 0.3 is 0 Å². The van der Waals surface area contributed by atoms with Gasteiger partial charge in [-0.25, -0.2) is 4.99 Å². The van der Waals surface area contributed by atoms with Crippen molar-refractivity contribution in [3.63, 3.8) is 0 Å². The molecule has 0 amide bonds. The fraction of sp³-hybridized carbons (Fsp3) is 0.500. The van der Waals surface area contributed by atoms with Gasteiger partial charge in [0.05, 0.1) is 13.7 Å². The van der Waals surface area contributed by atoms with Crippen LogP contribution in [0.15, 0.2) is 35.6 Å². The number of hydrogen-bond acceptors (Lipinski definition) is 4. The van der Waals surface area contributed by atoms with Gasteiger partial charge in [0.15, 0.2) is 5.96 Å². The van der Waals surface area contributed by atoms with Crippen molar-refractivity contribution in [1.29, 1.82) is 0 Å². The van der Waals surface area contributed by atoms with E-state index in [1.54, 1.807) is 13.4 Å². The van der Waals surface area contributed by atoms with E-state index in [1.807, 2.05) is 24.3 Å². The Labute approximate surface area is 149 Å². The van der Waals surface area contributed by atoms with Crippen molar-refractivity contribution in [2.75, 3.05) is 13.7 Å². The van der Waals surface area contributed by atoms with Crippen LogP contribution in [-0.4, -0.2) is 40.4 Å². The maximum absolute atomic E-state index is 5.18. The summed E-state index contributed by atoms with van der Waals surface area (Å²) in [7, 11) is 1.67. The van der Waals surface area contributed by atoms with Gasteiger partial charge in [-0.2, -0.15) is 0 Å². The van der Waals surface area contributed by atoms with Crippen LogP contribution in [0.25, 0.3) is 0 Å². The second-order valence-corrected chi connectivity index (χ2v) is 6.03. The molecule has 1 heterocycles. The first-order chi connectivity index (χ1) is 12.1. The van der Waals surface area contributed by atoms with Crippen LogP contribution in [0.2, 0.25) is 0 Å². The molecule has 0 fully saturated rings. The molecule has 0 saturated heterocycles. The average molecular weight is 344 g/mol. The Hall–Kier alpha value is -2.57. The quantitative estimate of drug-likeness (QED) is 0.566. The zero-order valence-electron chi connectivity index (χ0n) is 15.5. The van der Waals surface area contributed by atoms with E-state index in [1.165, 1.54) is 0 Å². The number of nitrogens with zero attached hydrogens (tertiary/aromatic N) is 4. The zero-order valence-corrected chi connectivity index (χ0v) is 15.5. The van der Waals surface area contributed by atoms with Gasteiger partial charge in [0.2, 0.25) is 0 Å². The highest BCUT2D eigenvalue weighted by Gasteiger charge is 2.04. The molecule has 0 aliphatic rings. The molecule has 0 spiro atoms. The van der Waals surface area contributed by atoms with Crippen LogP contribution in [0.5, 0.6) is 5.75 Å². The topological polar surface area (TPSA) is 76.4 Å². The monoisotopic (exact) mass is 344 g/mol. The van der Waals surface area contributed by atoms with Crippen LogP contribution >= 0.6 is 0 Å². The molecule has 2 N–H and O–H groups in total. The van der Waals surface area contributed by atoms with Gasteiger partial charge in [0, 0.05) is 25.6 Å². The summed E-state index contributed by atoms with van der Waals surface area (Å²) in [6, 6.07) is 8.27. The summed E-state index contributed by atoms with van der Waals surface area (Å²) >= 11 is 0. The Morgan fingerprint density at radius 2 is 2.04 bits per heavy atom. The molecule has 136 valence electrons. The van der Waals surface area contributed by atoms with E-state index in [0.29, 0.717) is 12.6 Å². The predicted molar refractivity (Wildman–Crippen MR) is 99.8 cm³/mol. The molecule has 1 aromatic heterocycles. The Morgan fingerprint density at radius 1 is 1.28 bits per heavy atom. The summed E-state index contributed by atoms with van der Waals surface area (Å²) in [5, 5.41) is 14.8. The zero-order chi connectivity index (χ0) is 18.1.